The lowest BCUT2D eigenvalue weighted by atomic mass is 9.96. The van der Waals surface area contributed by atoms with Gasteiger partial charge in [-0.05, 0) is 53.6 Å². The van der Waals surface area contributed by atoms with Gasteiger partial charge in [0.15, 0.2) is 0 Å². The number of hydrogen-bond acceptors (Lipinski definition) is 1. The molecule has 1 aromatic heterocycles. The molecular formula is C23H14ClF2N. The fraction of sp³-hybridized carbons (Fsp3) is 0. The smallest absolute Gasteiger partial charge is 0.123 e. The molecule has 0 N–H and O–H groups in total. The standard InChI is InChI=1S/C23H14ClF2N/c24-19-3-1-2-17(12-19)23-22(16-6-10-21(26)11-7-16)13-18(14-27-23)15-4-8-20(25)9-5-15/h1-14H. The number of halogens is 3. The molecule has 0 aliphatic carbocycles. The summed E-state index contributed by atoms with van der Waals surface area (Å²) in [6, 6.07) is 21.9. The molecule has 0 aliphatic rings. The van der Waals surface area contributed by atoms with Crippen LogP contribution in [0.4, 0.5) is 8.78 Å². The van der Waals surface area contributed by atoms with Gasteiger partial charge < -0.3 is 0 Å². The van der Waals surface area contributed by atoms with Crippen molar-refractivity contribution >= 4 is 11.6 Å². The number of hydrogen-bond donors (Lipinski definition) is 0. The maximum absolute atomic E-state index is 13.4. The molecule has 1 nitrogen and oxygen atoms in total. The fourth-order valence-corrected chi connectivity index (χ4v) is 3.17. The van der Waals surface area contributed by atoms with Crippen molar-refractivity contribution in [2.24, 2.45) is 0 Å². The molecule has 132 valence electrons. The van der Waals surface area contributed by atoms with E-state index in [1.807, 2.05) is 24.3 Å². The SMILES string of the molecule is Fc1ccc(-c2cnc(-c3cccc(Cl)c3)c(-c3ccc(F)cc3)c2)cc1. The zero-order valence-corrected chi connectivity index (χ0v) is 14.9. The number of rotatable bonds is 3. The first kappa shape index (κ1) is 17.4. The van der Waals surface area contributed by atoms with Crippen LogP contribution in [-0.2, 0) is 0 Å². The van der Waals surface area contributed by atoms with Crippen LogP contribution in [0.5, 0.6) is 0 Å². The lowest BCUT2D eigenvalue weighted by Gasteiger charge is -2.12. The molecule has 0 saturated carbocycles. The van der Waals surface area contributed by atoms with E-state index in [0.29, 0.717) is 5.02 Å². The van der Waals surface area contributed by atoms with E-state index < -0.39 is 0 Å². The molecule has 27 heavy (non-hydrogen) atoms. The van der Waals surface area contributed by atoms with E-state index in [4.69, 9.17) is 11.6 Å². The van der Waals surface area contributed by atoms with Crippen molar-refractivity contribution in [2.75, 3.05) is 0 Å². The molecule has 0 bridgehead atoms. The van der Waals surface area contributed by atoms with Crippen LogP contribution in [0.3, 0.4) is 0 Å². The maximum Gasteiger partial charge on any atom is 0.123 e. The van der Waals surface area contributed by atoms with Crippen LogP contribution >= 0.6 is 11.6 Å². The predicted molar refractivity (Wildman–Crippen MR) is 105 cm³/mol. The average Bonchev–Trinajstić information content (AvgIpc) is 2.69. The van der Waals surface area contributed by atoms with Gasteiger partial charge in [-0.2, -0.15) is 0 Å². The highest BCUT2D eigenvalue weighted by Gasteiger charge is 2.12. The van der Waals surface area contributed by atoms with Crippen molar-refractivity contribution in [3.63, 3.8) is 0 Å². The Labute approximate surface area is 160 Å². The minimum absolute atomic E-state index is 0.291. The Balaban J connectivity index is 1.91. The summed E-state index contributed by atoms with van der Waals surface area (Å²) >= 11 is 6.14. The van der Waals surface area contributed by atoms with Gasteiger partial charge in [-0.3, -0.25) is 4.98 Å². The second kappa shape index (κ2) is 7.29. The molecule has 0 radical (unpaired) electrons. The summed E-state index contributed by atoms with van der Waals surface area (Å²) < 4.78 is 26.6. The molecule has 0 spiro atoms. The third-order valence-electron chi connectivity index (χ3n) is 4.32. The van der Waals surface area contributed by atoms with Crippen molar-refractivity contribution in [3.05, 3.63) is 102 Å². The van der Waals surface area contributed by atoms with Gasteiger partial charge in [-0.15, -0.1) is 0 Å². The number of nitrogens with zero attached hydrogens (tertiary/aromatic N) is 1. The minimum atomic E-state index is -0.300. The summed E-state index contributed by atoms with van der Waals surface area (Å²) in [5, 5.41) is 0.613. The zero-order valence-electron chi connectivity index (χ0n) is 14.2. The van der Waals surface area contributed by atoms with Crippen molar-refractivity contribution in [2.45, 2.75) is 0 Å². The van der Waals surface area contributed by atoms with E-state index in [0.717, 1.165) is 33.5 Å². The second-order valence-corrected chi connectivity index (χ2v) is 6.58. The number of benzene rings is 3. The molecule has 0 fully saturated rings. The van der Waals surface area contributed by atoms with Crippen molar-refractivity contribution in [1.29, 1.82) is 0 Å². The van der Waals surface area contributed by atoms with E-state index in [1.54, 1.807) is 36.5 Å². The topological polar surface area (TPSA) is 12.9 Å². The molecule has 4 heteroatoms. The Hall–Kier alpha value is -3.04. The van der Waals surface area contributed by atoms with Crippen LogP contribution in [0.1, 0.15) is 0 Å². The van der Waals surface area contributed by atoms with E-state index in [2.05, 4.69) is 4.98 Å². The van der Waals surface area contributed by atoms with Crippen LogP contribution < -0.4 is 0 Å². The van der Waals surface area contributed by atoms with Crippen molar-refractivity contribution in [3.8, 4) is 33.5 Å². The minimum Gasteiger partial charge on any atom is -0.255 e. The third kappa shape index (κ3) is 3.74. The Bertz CT molecular complexity index is 1090. The highest BCUT2D eigenvalue weighted by atomic mass is 35.5. The van der Waals surface area contributed by atoms with Crippen molar-refractivity contribution < 1.29 is 8.78 Å². The van der Waals surface area contributed by atoms with Crippen LogP contribution in [-0.4, -0.2) is 4.98 Å². The molecule has 0 amide bonds. The summed E-state index contributed by atoms with van der Waals surface area (Å²) in [6.45, 7) is 0. The Morgan fingerprint density at radius 1 is 0.630 bits per heavy atom. The van der Waals surface area contributed by atoms with E-state index in [9.17, 15) is 8.78 Å². The van der Waals surface area contributed by atoms with E-state index >= 15 is 0 Å². The highest BCUT2D eigenvalue weighted by Crippen LogP contribution is 2.34. The van der Waals surface area contributed by atoms with Gasteiger partial charge in [0.1, 0.15) is 11.6 Å². The molecular weight excluding hydrogens is 364 g/mol. The van der Waals surface area contributed by atoms with Crippen LogP contribution in [0.15, 0.2) is 85.1 Å². The lowest BCUT2D eigenvalue weighted by Crippen LogP contribution is -1.92. The second-order valence-electron chi connectivity index (χ2n) is 6.14. The third-order valence-corrected chi connectivity index (χ3v) is 4.55. The normalized spacial score (nSPS) is 10.8. The first-order valence-corrected chi connectivity index (χ1v) is 8.76. The van der Waals surface area contributed by atoms with Crippen LogP contribution in [0, 0.1) is 11.6 Å². The van der Waals surface area contributed by atoms with Crippen molar-refractivity contribution in [1.82, 2.24) is 4.98 Å². The summed E-state index contributed by atoms with van der Waals surface area (Å²) in [5.41, 5.74) is 4.99. The van der Waals surface area contributed by atoms with Crippen LogP contribution in [0.25, 0.3) is 33.5 Å². The van der Waals surface area contributed by atoms with Gasteiger partial charge in [0, 0.05) is 27.9 Å². The monoisotopic (exact) mass is 377 g/mol. The first-order valence-electron chi connectivity index (χ1n) is 8.38. The van der Waals surface area contributed by atoms with Gasteiger partial charge >= 0.3 is 0 Å². The average molecular weight is 378 g/mol. The summed E-state index contributed by atoms with van der Waals surface area (Å²) in [5.74, 6) is -0.591. The maximum atomic E-state index is 13.4. The van der Waals surface area contributed by atoms with Gasteiger partial charge in [-0.1, -0.05) is 48.0 Å². The molecule has 4 aromatic rings. The van der Waals surface area contributed by atoms with Gasteiger partial charge in [-0.25, -0.2) is 8.78 Å². The highest BCUT2D eigenvalue weighted by molar-refractivity contribution is 6.30. The van der Waals surface area contributed by atoms with Gasteiger partial charge in [0.25, 0.3) is 0 Å². The molecule has 0 atom stereocenters. The summed E-state index contributed by atoms with van der Waals surface area (Å²) in [7, 11) is 0. The molecule has 0 saturated heterocycles. The molecule has 4 rings (SSSR count). The first-order chi connectivity index (χ1) is 13.1. The summed E-state index contributed by atoms with van der Waals surface area (Å²) in [4.78, 5) is 4.64. The predicted octanol–water partition coefficient (Wildman–Crippen LogP) is 7.01. The Kier molecular flexibility index (Phi) is 4.69. The van der Waals surface area contributed by atoms with E-state index in [-0.39, 0.29) is 11.6 Å². The van der Waals surface area contributed by atoms with Crippen LogP contribution in [0.2, 0.25) is 5.02 Å². The number of pyridine rings is 1. The fourth-order valence-electron chi connectivity index (χ4n) is 2.98. The van der Waals surface area contributed by atoms with Gasteiger partial charge in [0.2, 0.25) is 0 Å². The largest absolute Gasteiger partial charge is 0.255 e. The molecule has 0 unspecified atom stereocenters. The Morgan fingerprint density at radius 3 is 1.89 bits per heavy atom. The van der Waals surface area contributed by atoms with E-state index in [1.165, 1.54) is 24.3 Å². The molecule has 0 aliphatic heterocycles. The number of aromatic nitrogens is 1. The van der Waals surface area contributed by atoms with Gasteiger partial charge in [0.05, 0.1) is 5.69 Å². The molecule has 1 heterocycles. The lowest BCUT2D eigenvalue weighted by molar-refractivity contribution is 0.627. The quantitative estimate of drug-likeness (QED) is 0.374. The zero-order chi connectivity index (χ0) is 18.8. The Morgan fingerprint density at radius 2 is 1.26 bits per heavy atom. The summed E-state index contributed by atoms with van der Waals surface area (Å²) in [6.07, 6.45) is 1.75. The molecule has 3 aromatic carbocycles.